The van der Waals surface area contributed by atoms with Gasteiger partial charge in [0.15, 0.2) is 6.61 Å². The van der Waals surface area contributed by atoms with Crippen LogP contribution in [-0.2, 0) is 11.2 Å². The van der Waals surface area contributed by atoms with Crippen molar-refractivity contribution in [3.63, 3.8) is 0 Å². The summed E-state index contributed by atoms with van der Waals surface area (Å²) in [5, 5.41) is 14.5. The SMILES string of the molecule is Cc1cc(=O)oc2cc(OCC(=O)NCCc3ccccc3)c([N+](=O)[O-])cc12. The molecule has 0 saturated heterocycles. The lowest BCUT2D eigenvalue weighted by Gasteiger charge is -2.09. The van der Waals surface area contributed by atoms with Crippen molar-refractivity contribution in [2.24, 2.45) is 0 Å². The zero-order valence-electron chi connectivity index (χ0n) is 15.1. The first-order valence-corrected chi connectivity index (χ1v) is 8.60. The molecule has 2 aromatic carbocycles. The average molecular weight is 382 g/mol. The number of nitro benzene ring substituents is 1. The fourth-order valence-corrected chi connectivity index (χ4v) is 2.78. The van der Waals surface area contributed by atoms with Crippen LogP contribution in [0.1, 0.15) is 11.1 Å². The van der Waals surface area contributed by atoms with Gasteiger partial charge < -0.3 is 14.5 Å². The predicted octanol–water partition coefficient (Wildman–Crippen LogP) is 2.75. The minimum atomic E-state index is -0.605. The van der Waals surface area contributed by atoms with Gasteiger partial charge in [-0.3, -0.25) is 14.9 Å². The molecule has 28 heavy (non-hydrogen) atoms. The van der Waals surface area contributed by atoms with Crippen LogP contribution in [0, 0.1) is 17.0 Å². The maximum Gasteiger partial charge on any atom is 0.336 e. The van der Waals surface area contributed by atoms with Crippen LogP contribution in [0.25, 0.3) is 11.0 Å². The molecule has 0 aliphatic carbocycles. The third-order valence-electron chi connectivity index (χ3n) is 4.17. The number of amides is 1. The molecule has 0 atom stereocenters. The molecule has 1 heterocycles. The Morgan fingerprint density at radius 1 is 1.21 bits per heavy atom. The van der Waals surface area contributed by atoms with E-state index in [0.717, 1.165) is 5.56 Å². The Kier molecular flexibility index (Phi) is 5.69. The number of ether oxygens (including phenoxy) is 1. The van der Waals surface area contributed by atoms with Crippen molar-refractivity contribution in [2.45, 2.75) is 13.3 Å². The molecule has 0 saturated carbocycles. The summed E-state index contributed by atoms with van der Waals surface area (Å²) < 4.78 is 10.4. The van der Waals surface area contributed by atoms with Crippen LogP contribution >= 0.6 is 0 Å². The molecule has 0 spiro atoms. The van der Waals surface area contributed by atoms with E-state index < -0.39 is 23.1 Å². The fraction of sp³-hybridized carbons (Fsp3) is 0.200. The molecule has 0 aliphatic heterocycles. The van der Waals surface area contributed by atoms with Gasteiger partial charge in [0.25, 0.3) is 5.91 Å². The van der Waals surface area contributed by atoms with E-state index in [1.165, 1.54) is 18.2 Å². The zero-order chi connectivity index (χ0) is 20.1. The highest BCUT2D eigenvalue weighted by Gasteiger charge is 2.20. The van der Waals surface area contributed by atoms with Crippen molar-refractivity contribution in [3.05, 3.63) is 80.2 Å². The molecule has 8 nitrogen and oxygen atoms in total. The van der Waals surface area contributed by atoms with E-state index in [-0.39, 0.29) is 17.0 Å². The first kappa shape index (κ1) is 19.1. The quantitative estimate of drug-likeness (QED) is 0.382. The Labute approximate surface area is 159 Å². The molecular weight excluding hydrogens is 364 g/mol. The minimum Gasteiger partial charge on any atom is -0.477 e. The summed E-state index contributed by atoms with van der Waals surface area (Å²) in [5.41, 5.74) is 0.930. The van der Waals surface area contributed by atoms with Gasteiger partial charge in [0.1, 0.15) is 5.58 Å². The van der Waals surface area contributed by atoms with E-state index in [0.29, 0.717) is 23.9 Å². The first-order valence-electron chi connectivity index (χ1n) is 8.60. The van der Waals surface area contributed by atoms with Crippen LogP contribution in [0.15, 0.2) is 57.7 Å². The molecule has 0 radical (unpaired) electrons. The summed E-state index contributed by atoms with van der Waals surface area (Å²) in [7, 11) is 0. The maximum atomic E-state index is 12.0. The van der Waals surface area contributed by atoms with Gasteiger partial charge in [0.2, 0.25) is 5.75 Å². The Hall–Kier alpha value is -3.68. The van der Waals surface area contributed by atoms with Gasteiger partial charge in [-0.1, -0.05) is 30.3 Å². The van der Waals surface area contributed by atoms with Gasteiger partial charge in [-0.15, -0.1) is 0 Å². The number of carbonyl (C=O) groups excluding carboxylic acids is 1. The van der Waals surface area contributed by atoms with Gasteiger partial charge in [0, 0.05) is 30.1 Å². The molecule has 0 aliphatic rings. The van der Waals surface area contributed by atoms with E-state index in [1.54, 1.807) is 6.92 Å². The van der Waals surface area contributed by atoms with Gasteiger partial charge in [-0.2, -0.15) is 0 Å². The number of hydrogen-bond acceptors (Lipinski definition) is 6. The van der Waals surface area contributed by atoms with Crippen molar-refractivity contribution in [1.29, 1.82) is 0 Å². The summed E-state index contributed by atoms with van der Waals surface area (Å²) in [5.74, 6) is -0.541. The summed E-state index contributed by atoms with van der Waals surface area (Å²) in [6.07, 6.45) is 0.660. The highest BCUT2D eigenvalue weighted by atomic mass is 16.6. The number of nitrogens with one attached hydrogen (secondary N) is 1. The molecule has 0 bridgehead atoms. The summed E-state index contributed by atoms with van der Waals surface area (Å²) in [4.78, 5) is 34.3. The normalized spacial score (nSPS) is 10.6. The average Bonchev–Trinajstić information content (AvgIpc) is 2.66. The predicted molar refractivity (Wildman–Crippen MR) is 103 cm³/mol. The second-order valence-corrected chi connectivity index (χ2v) is 6.20. The Balaban J connectivity index is 1.69. The lowest BCUT2D eigenvalue weighted by atomic mass is 10.1. The van der Waals surface area contributed by atoms with Gasteiger partial charge >= 0.3 is 11.3 Å². The molecule has 1 N–H and O–H groups in total. The molecule has 144 valence electrons. The summed E-state index contributed by atoms with van der Waals surface area (Å²) >= 11 is 0. The van der Waals surface area contributed by atoms with Crippen LogP contribution in [0.5, 0.6) is 5.75 Å². The lowest BCUT2D eigenvalue weighted by Crippen LogP contribution is -2.30. The second kappa shape index (κ2) is 8.34. The van der Waals surface area contributed by atoms with Crippen molar-refractivity contribution < 1.29 is 18.9 Å². The zero-order valence-corrected chi connectivity index (χ0v) is 15.1. The Bertz CT molecular complexity index is 1080. The molecular formula is C20H18N2O6. The number of nitrogens with zero attached hydrogens (tertiary/aromatic N) is 1. The minimum absolute atomic E-state index is 0.135. The van der Waals surface area contributed by atoms with Gasteiger partial charge in [0.05, 0.1) is 4.92 Å². The monoisotopic (exact) mass is 382 g/mol. The van der Waals surface area contributed by atoms with Crippen molar-refractivity contribution in [2.75, 3.05) is 13.2 Å². The van der Waals surface area contributed by atoms with Crippen LogP contribution in [-0.4, -0.2) is 24.0 Å². The third-order valence-corrected chi connectivity index (χ3v) is 4.17. The van der Waals surface area contributed by atoms with Crippen molar-refractivity contribution >= 4 is 22.6 Å². The number of benzene rings is 2. The van der Waals surface area contributed by atoms with E-state index >= 15 is 0 Å². The largest absolute Gasteiger partial charge is 0.477 e. The highest BCUT2D eigenvalue weighted by Crippen LogP contribution is 2.32. The first-order chi connectivity index (χ1) is 13.4. The van der Waals surface area contributed by atoms with Crippen LogP contribution < -0.4 is 15.7 Å². The van der Waals surface area contributed by atoms with Crippen LogP contribution in [0.4, 0.5) is 5.69 Å². The van der Waals surface area contributed by atoms with E-state index in [2.05, 4.69) is 5.32 Å². The van der Waals surface area contributed by atoms with Crippen molar-refractivity contribution in [1.82, 2.24) is 5.32 Å². The molecule has 0 unspecified atom stereocenters. The van der Waals surface area contributed by atoms with E-state index in [4.69, 9.17) is 9.15 Å². The fourth-order valence-electron chi connectivity index (χ4n) is 2.78. The standard InChI is InChI=1S/C20H18N2O6/c1-13-9-20(24)28-17-11-18(16(22(25)26)10-15(13)17)27-12-19(23)21-8-7-14-5-3-2-4-6-14/h2-6,9-11H,7-8,12H2,1H3,(H,21,23). The second-order valence-electron chi connectivity index (χ2n) is 6.20. The lowest BCUT2D eigenvalue weighted by molar-refractivity contribution is -0.385. The van der Waals surface area contributed by atoms with E-state index in [1.807, 2.05) is 30.3 Å². The molecule has 8 heteroatoms. The number of aryl methyl sites for hydroxylation is 1. The maximum absolute atomic E-state index is 12.0. The van der Waals surface area contributed by atoms with E-state index in [9.17, 15) is 19.7 Å². The summed E-state index contributed by atoms with van der Waals surface area (Å²) in [6, 6.07) is 13.4. The highest BCUT2D eigenvalue weighted by molar-refractivity contribution is 5.85. The summed E-state index contributed by atoms with van der Waals surface area (Å²) in [6.45, 7) is 1.68. The molecule has 0 fully saturated rings. The molecule has 3 rings (SSSR count). The van der Waals surface area contributed by atoms with Gasteiger partial charge in [-0.05, 0) is 24.5 Å². The number of nitro groups is 1. The smallest absolute Gasteiger partial charge is 0.336 e. The third kappa shape index (κ3) is 4.53. The molecule has 3 aromatic rings. The van der Waals surface area contributed by atoms with Crippen molar-refractivity contribution in [3.8, 4) is 5.75 Å². The number of fused-ring (bicyclic) bond motifs is 1. The number of rotatable bonds is 7. The molecule has 1 aromatic heterocycles. The Morgan fingerprint density at radius 2 is 1.96 bits per heavy atom. The van der Waals surface area contributed by atoms with Crippen LogP contribution in [0.2, 0.25) is 0 Å². The number of carbonyl (C=O) groups is 1. The Morgan fingerprint density at radius 3 is 2.68 bits per heavy atom. The number of hydrogen-bond donors (Lipinski definition) is 1. The topological polar surface area (TPSA) is 112 Å². The van der Waals surface area contributed by atoms with Crippen LogP contribution in [0.3, 0.4) is 0 Å². The van der Waals surface area contributed by atoms with Gasteiger partial charge in [-0.25, -0.2) is 4.79 Å². The molecule has 1 amide bonds.